The molecule has 5 rings (SSSR count). The van der Waals surface area contributed by atoms with Gasteiger partial charge in [-0.25, -0.2) is 4.68 Å². The third-order valence-corrected chi connectivity index (χ3v) is 10.1. The van der Waals surface area contributed by atoms with Crippen molar-refractivity contribution in [2.24, 2.45) is 29.6 Å². The molecular formula is C41H58N8O8. The van der Waals surface area contributed by atoms with Gasteiger partial charge < -0.3 is 29.4 Å². The number of imide groups is 1. The molecule has 0 spiro atoms. The van der Waals surface area contributed by atoms with Crippen LogP contribution in [0.5, 0.6) is 0 Å². The van der Waals surface area contributed by atoms with Crippen molar-refractivity contribution >= 4 is 23.8 Å². The quantitative estimate of drug-likeness (QED) is 0.0624. The summed E-state index contributed by atoms with van der Waals surface area (Å²) < 4.78 is 25.4. The number of aliphatic hydroxyl groups is 1. The molecule has 1 saturated heterocycles. The van der Waals surface area contributed by atoms with E-state index in [-0.39, 0.29) is 60.5 Å². The van der Waals surface area contributed by atoms with Crippen LogP contribution in [-0.2, 0) is 59.6 Å². The smallest absolute Gasteiger partial charge is 0.233 e. The van der Waals surface area contributed by atoms with Gasteiger partial charge in [0.1, 0.15) is 11.4 Å². The second-order valence-electron chi connectivity index (χ2n) is 14.6. The second-order valence-corrected chi connectivity index (χ2v) is 14.6. The number of benzene rings is 1. The highest BCUT2D eigenvalue weighted by Crippen LogP contribution is 2.48. The fourth-order valence-electron chi connectivity index (χ4n) is 7.28. The molecule has 2 aromatic heterocycles. The molecule has 1 aliphatic carbocycles. The summed E-state index contributed by atoms with van der Waals surface area (Å²) in [7, 11) is 0. The van der Waals surface area contributed by atoms with E-state index in [1.54, 1.807) is 9.36 Å². The van der Waals surface area contributed by atoms with Crippen molar-refractivity contribution in [3.63, 3.8) is 0 Å². The average Bonchev–Trinajstić information content (AvgIpc) is 4.00. The van der Waals surface area contributed by atoms with Crippen molar-refractivity contribution < 1.29 is 38.4 Å². The van der Waals surface area contributed by atoms with E-state index in [1.807, 2.05) is 54.9 Å². The summed E-state index contributed by atoms with van der Waals surface area (Å²) >= 11 is 0. The van der Waals surface area contributed by atoms with E-state index < -0.39 is 0 Å². The van der Waals surface area contributed by atoms with Crippen LogP contribution in [0, 0.1) is 29.6 Å². The number of carbonyl (C=O) groups is 3. The first-order chi connectivity index (χ1) is 27.9. The lowest BCUT2D eigenvalue weighted by Gasteiger charge is -2.18. The maximum Gasteiger partial charge on any atom is 0.233 e. The zero-order valence-corrected chi connectivity index (χ0v) is 33.0. The number of fused-ring (bicyclic) bond motifs is 1. The lowest BCUT2D eigenvalue weighted by molar-refractivity contribution is -0.141. The van der Waals surface area contributed by atoms with E-state index >= 15 is 0 Å². The molecule has 3 heterocycles. The van der Waals surface area contributed by atoms with E-state index in [1.165, 1.54) is 4.90 Å². The number of carbonyl (C=O) groups excluding carboxylic acids is 3. The Hall–Kier alpha value is -4.61. The van der Waals surface area contributed by atoms with Crippen LogP contribution in [-0.4, -0.2) is 117 Å². The molecule has 2 fully saturated rings. The largest absolute Gasteiger partial charge is 0.394 e. The predicted octanol–water partition coefficient (Wildman–Crippen LogP) is 3.08. The number of hydrogen-bond acceptors (Lipinski definition) is 12. The van der Waals surface area contributed by atoms with Gasteiger partial charge in [-0.15, -0.1) is 16.8 Å². The normalized spacial score (nSPS) is 19.8. The lowest BCUT2D eigenvalue weighted by atomic mass is 9.89. The highest BCUT2D eigenvalue weighted by atomic mass is 16.5. The molecule has 310 valence electrons. The monoisotopic (exact) mass is 790 g/mol. The van der Waals surface area contributed by atoms with Gasteiger partial charge in [0, 0.05) is 19.5 Å². The summed E-state index contributed by atoms with van der Waals surface area (Å²) in [4.78, 5) is 40.8. The van der Waals surface area contributed by atoms with Gasteiger partial charge >= 0.3 is 0 Å². The van der Waals surface area contributed by atoms with Crippen molar-refractivity contribution in [3.8, 4) is 0 Å². The Morgan fingerprint density at radius 1 is 0.877 bits per heavy atom. The lowest BCUT2D eigenvalue weighted by Crippen LogP contribution is -2.34. The zero-order chi connectivity index (χ0) is 40.2. The Balaban J connectivity index is 0.899. The van der Waals surface area contributed by atoms with Gasteiger partial charge in [0.15, 0.2) is 0 Å². The van der Waals surface area contributed by atoms with Gasteiger partial charge in [-0.1, -0.05) is 72.3 Å². The highest BCUT2D eigenvalue weighted by Gasteiger charge is 2.56. The number of unbranched alkanes of at least 4 members (excludes halogenated alkanes) is 2. The Morgan fingerprint density at radius 3 is 2.32 bits per heavy atom. The number of nitrogens with zero attached hydrogens (tertiary/aromatic N) is 7. The highest BCUT2D eigenvalue weighted by molar-refractivity contribution is 6.06. The van der Waals surface area contributed by atoms with Gasteiger partial charge in [0.2, 0.25) is 17.7 Å². The molecule has 0 bridgehead atoms. The minimum Gasteiger partial charge on any atom is -0.394 e. The minimum absolute atomic E-state index is 0.000148. The molecule has 1 aromatic carbocycles. The van der Waals surface area contributed by atoms with E-state index in [9.17, 15) is 14.4 Å². The summed E-state index contributed by atoms with van der Waals surface area (Å²) in [5.74, 6) is -0.784. The second kappa shape index (κ2) is 23.6. The van der Waals surface area contributed by atoms with Crippen LogP contribution in [0.1, 0.15) is 56.0 Å². The molecule has 0 unspecified atom stereocenters. The van der Waals surface area contributed by atoms with Crippen LogP contribution < -0.4 is 5.32 Å². The Bertz CT molecular complexity index is 1710. The van der Waals surface area contributed by atoms with Crippen LogP contribution in [0.4, 0.5) is 0 Å². The molecule has 3 aromatic rings. The first-order valence-corrected chi connectivity index (χ1v) is 20.0. The van der Waals surface area contributed by atoms with Crippen LogP contribution >= 0.6 is 0 Å². The standard InChI is InChI=1S/C41H58N8O8/c1-3-33-24-34(14-13-32-10-6-4-7-11-32)39-38(33)40(52)49(41(39)53)15-9-5-8-12-37(51)42-25-35-27-48(46-43-35)26-31(2)29-57-30-36-28-47(45-44-36)16-18-54-20-22-56-23-21-55-19-17-50/h3-4,6-7,10-11,13-14,27-28,31,33-34,38-39,50H,1,5,8-9,12,15-26,29-30H2,2H3,(H,42,51)/t31-,33-,34+,38+,39-/m1/s1. The van der Waals surface area contributed by atoms with Gasteiger partial charge in [-0.3, -0.25) is 24.0 Å². The van der Waals surface area contributed by atoms with Crippen LogP contribution in [0.25, 0.3) is 6.08 Å². The molecule has 3 amide bonds. The number of hydrogen-bond donors (Lipinski definition) is 2. The van der Waals surface area contributed by atoms with Crippen LogP contribution in [0.2, 0.25) is 0 Å². The van der Waals surface area contributed by atoms with Crippen molar-refractivity contribution in [2.75, 3.05) is 59.4 Å². The van der Waals surface area contributed by atoms with Crippen LogP contribution in [0.3, 0.4) is 0 Å². The molecule has 2 N–H and O–H groups in total. The molecule has 0 radical (unpaired) electrons. The van der Waals surface area contributed by atoms with E-state index in [0.29, 0.717) is 97.4 Å². The van der Waals surface area contributed by atoms with Crippen molar-refractivity contribution in [1.82, 2.24) is 40.2 Å². The molecule has 57 heavy (non-hydrogen) atoms. The summed E-state index contributed by atoms with van der Waals surface area (Å²) in [6.07, 6.45) is 12.8. The Morgan fingerprint density at radius 2 is 1.56 bits per heavy atom. The van der Waals surface area contributed by atoms with E-state index in [2.05, 4.69) is 45.5 Å². The molecule has 16 nitrogen and oxygen atoms in total. The van der Waals surface area contributed by atoms with Gasteiger partial charge in [0.05, 0.1) is 96.8 Å². The van der Waals surface area contributed by atoms with Gasteiger partial charge in [-0.05, 0) is 42.6 Å². The average molecular weight is 791 g/mol. The molecular weight excluding hydrogens is 732 g/mol. The molecule has 5 atom stereocenters. The van der Waals surface area contributed by atoms with E-state index in [0.717, 1.165) is 24.1 Å². The summed E-state index contributed by atoms with van der Waals surface area (Å²) in [5, 5.41) is 28.2. The number of amides is 3. The third kappa shape index (κ3) is 13.8. The van der Waals surface area contributed by atoms with Crippen molar-refractivity contribution in [3.05, 3.63) is 78.4 Å². The number of aromatic nitrogens is 6. The Kier molecular flexibility index (Phi) is 18.0. The topological polar surface area (TPSA) is 185 Å². The van der Waals surface area contributed by atoms with Crippen LogP contribution in [0.15, 0.2) is 61.5 Å². The third-order valence-electron chi connectivity index (χ3n) is 10.1. The zero-order valence-electron chi connectivity index (χ0n) is 33.0. The maximum atomic E-state index is 13.4. The van der Waals surface area contributed by atoms with Crippen molar-refractivity contribution in [2.45, 2.75) is 65.3 Å². The van der Waals surface area contributed by atoms with Crippen molar-refractivity contribution in [1.29, 1.82) is 0 Å². The van der Waals surface area contributed by atoms with Gasteiger partial charge in [0.25, 0.3) is 0 Å². The maximum absolute atomic E-state index is 13.4. The fraction of sp³-hybridized carbons (Fsp3) is 0.585. The first kappa shape index (κ1) is 43.5. The number of allylic oxidation sites excluding steroid dienone is 2. The SMILES string of the molecule is C=C[C@@H]1C[C@H](C=Cc2ccccc2)[C@H]2C(=O)N(CCCCCC(=O)NCc3cn(C[C@@H](C)COCc4cn(CCOCCOCCOCCO)nn4)nn3)C(=O)[C@H]21. The Labute approximate surface area is 334 Å². The summed E-state index contributed by atoms with van der Waals surface area (Å²) in [6.45, 7) is 11.3. The van der Waals surface area contributed by atoms with E-state index in [4.69, 9.17) is 24.1 Å². The minimum atomic E-state index is -0.341. The fourth-order valence-corrected chi connectivity index (χ4v) is 7.28. The molecule has 1 aliphatic heterocycles. The summed E-state index contributed by atoms with van der Waals surface area (Å²) in [5.41, 5.74) is 2.47. The summed E-state index contributed by atoms with van der Waals surface area (Å²) in [6, 6.07) is 9.97. The number of ether oxygens (including phenoxy) is 4. The number of aliphatic hydroxyl groups excluding tert-OH is 1. The van der Waals surface area contributed by atoms with Gasteiger partial charge in [-0.2, -0.15) is 0 Å². The predicted molar refractivity (Wildman–Crippen MR) is 210 cm³/mol. The molecule has 16 heteroatoms. The molecule has 2 aliphatic rings. The number of rotatable bonds is 28. The number of likely N-dealkylation sites (tertiary alicyclic amines) is 1. The molecule has 1 saturated carbocycles. The first-order valence-electron chi connectivity index (χ1n) is 20.0. The number of nitrogens with one attached hydrogen (secondary N) is 1.